The number of nitrogens with zero attached hydrogens (tertiary/aromatic N) is 3. The molecule has 2 aromatic carbocycles. The number of hydrogen-bond acceptors (Lipinski definition) is 4. The van der Waals surface area contributed by atoms with E-state index in [4.69, 9.17) is 4.74 Å². The van der Waals surface area contributed by atoms with Gasteiger partial charge in [-0.05, 0) is 26.3 Å². The number of nitro benzene ring substituents is 1. The lowest BCUT2D eigenvalue weighted by atomic mass is 9.81. The van der Waals surface area contributed by atoms with E-state index in [-0.39, 0.29) is 22.1 Å². The second-order valence-corrected chi connectivity index (χ2v) is 9.01. The van der Waals surface area contributed by atoms with Crippen molar-refractivity contribution in [1.82, 2.24) is 4.90 Å². The van der Waals surface area contributed by atoms with Crippen molar-refractivity contribution in [3.63, 3.8) is 0 Å². The van der Waals surface area contributed by atoms with E-state index in [1.807, 2.05) is 24.3 Å². The van der Waals surface area contributed by atoms with E-state index in [1.54, 1.807) is 12.1 Å². The minimum atomic E-state index is -0.365. The van der Waals surface area contributed by atoms with Crippen LogP contribution in [0.2, 0.25) is 0 Å². The molecule has 6 heteroatoms. The van der Waals surface area contributed by atoms with Crippen molar-refractivity contribution in [3.05, 3.63) is 81.7 Å². The van der Waals surface area contributed by atoms with Gasteiger partial charge in [-0.25, -0.2) is 0 Å². The summed E-state index contributed by atoms with van der Waals surface area (Å²) in [5, 5.41) is 11.4. The highest BCUT2D eigenvalue weighted by molar-refractivity contribution is 6.03. The van der Waals surface area contributed by atoms with Crippen LogP contribution >= 0.6 is 0 Å². The van der Waals surface area contributed by atoms with Crippen molar-refractivity contribution in [2.75, 3.05) is 19.6 Å². The molecule has 0 aliphatic carbocycles. The number of fused-ring (bicyclic) bond motifs is 1. The van der Waals surface area contributed by atoms with E-state index in [1.165, 1.54) is 5.56 Å². The van der Waals surface area contributed by atoms with Crippen LogP contribution in [0, 0.1) is 10.1 Å². The molecule has 2 aliphatic heterocycles. The lowest BCUT2D eigenvalue weighted by molar-refractivity contribution is -0.438. The maximum atomic E-state index is 11.4. The molecule has 1 unspecified atom stereocenters. The van der Waals surface area contributed by atoms with E-state index in [2.05, 4.69) is 55.4 Å². The van der Waals surface area contributed by atoms with Crippen LogP contribution in [0.1, 0.15) is 57.8 Å². The molecule has 0 amide bonds. The number of rotatable bonds is 7. The minimum Gasteiger partial charge on any atom is -0.469 e. The summed E-state index contributed by atoms with van der Waals surface area (Å²) in [6.07, 6.45) is 4.29. The molecular weight excluding hydrogens is 402 g/mol. The first-order valence-electron chi connectivity index (χ1n) is 11.5. The highest BCUT2D eigenvalue weighted by atomic mass is 16.6. The highest BCUT2D eigenvalue weighted by Gasteiger charge is 2.46. The number of hydrogen-bond donors (Lipinski definition) is 0. The van der Waals surface area contributed by atoms with Gasteiger partial charge in [0, 0.05) is 36.7 Å². The molecule has 1 saturated heterocycles. The number of likely N-dealkylation sites (N-methyl/N-ethyl adjacent to an activating group) is 1. The molecule has 1 fully saturated rings. The zero-order valence-electron chi connectivity index (χ0n) is 19.4. The second kappa shape index (κ2) is 8.77. The van der Waals surface area contributed by atoms with Crippen molar-refractivity contribution in [2.45, 2.75) is 52.1 Å². The standard InChI is InChI=1S/C26H32N3O3/c1-5-7-15-28-22-14-13-20(29(30)31)16-21(22)26(3,4)24(28)17-25-27(6-2)18-23(32-25)19-11-9-8-10-12-19/h8-14,16-17,23H,5-7,15,18H2,1-4H3/q+1. The van der Waals surface area contributed by atoms with Gasteiger partial charge < -0.3 is 9.64 Å². The third-order valence-electron chi connectivity index (χ3n) is 6.60. The first-order chi connectivity index (χ1) is 15.4. The maximum absolute atomic E-state index is 11.4. The van der Waals surface area contributed by atoms with Gasteiger partial charge in [0.1, 0.15) is 12.6 Å². The molecule has 0 saturated carbocycles. The molecule has 0 N–H and O–H groups in total. The molecule has 32 heavy (non-hydrogen) atoms. The molecule has 0 spiro atoms. The number of ether oxygens (including phenoxy) is 1. The molecule has 168 valence electrons. The number of non-ortho nitro benzene ring substituents is 1. The Morgan fingerprint density at radius 1 is 1.22 bits per heavy atom. The molecule has 0 radical (unpaired) electrons. The summed E-state index contributed by atoms with van der Waals surface area (Å²) in [4.78, 5) is 13.4. The van der Waals surface area contributed by atoms with E-state index in [0.29, 0.717) is 0 Å². The Morgan fingerprint density at radius 2 is 1.97 bits per heavy atom. The summed E-state index contributed by atoms with van der Waals surface area (Å²) in [5.41, 5.74) is 4.13. The predicted octanol–water partition coefficient (Wildman–Crippen LogP) is 5.71. The lowest BCUT2D eigenvalue weighted by Gasteiger charge is -2.18. The summed E-state index contributed by atoms with van der Waals surface area (Å²) < 4.78 is 8.77. The van der Waals surface area contributed by atoms with Gasteiger partial charge in [0.2, 0.25) is 5.69 Å². The highest BCUT2D eigenvalue weighted by Crippen LogP contribution is 2.43. The molecule has 2 aromatic rings. The monoisotopic (exact) mass is 434 g/mol. The third kappa shape index (κ3) is 3.90. The van der Waals surface area contributed by atoms with Gasteiger partial charge in [-0.2, -0.15) is 4.58 Å². The zero-order valence-corrected chi connectivity index (χ0v) is 19.4. The van der Waals surface area contributed by atoms with Crippen molar-refractivity contribution in [3.8, 4) is 0 Å². The topological polar surface area (TPSA) is 58.6 Å². The Kier molecular flexibility index (Phi) is 6.04. The molecule has 6 nitrogen and oxygen atoms in total. The first kappa shape index (κ1) is 22.1. The average molecular weight is 435 g/mol. The van der Waals surface area contributed by atoms with Gasteiger partial charge in [-0.1, -0.05) is 43.7 Å². The Morgan fingerprint density at radius 3 is 2.62 bits per heavy atom. The van der Waals surface area contributed by atoms with Crippen molar-refractivity contribution in [2.24, 2.45) is 0 Å². The van der Waals surface area contributed by atoms with E-state index in [9.17, 15) is 10.1 Å². The van der Waals surface area contributed by atoms with Crippen LogP contribution < -0.4 is 0 Å². The summed E-state index contributed by atoms with van der Waals surface area (Å²) in [6.45, 7) is 11.2. The van der Waals surface area contributed by atoms with Gasteiger partial charge in [0.15, 0.2) is 11.6 Å². The molecular formula is C26H32N3O3+. The van der Waals surface area contributed by atoms with E-state index < -0.39 is 0 Å². The molecule has 2 heterocycles. The summed E-state index contributed by atoms with van der Waals surface area (Å²) in [7, 11) is 0. The molecule has 2 aliphatic rings. The van der Waals surface area contributed by atoms with Gasteiger partial charge >= 0.3 is 0 Å². The maximum Gasteiger partial charge on any atom is 0.270 e. The number of allylic oxidation sites excluding steroid dienone is 1. The van der Waals surface area contributed by atoms with Crippen LogP contribution in [-0.4, -0.2) is 39.7 Å². The first-order valence-corrected chi connectivity index (χ1v) is 11.5. The molecule has 0 aromatic heterocycles. The largest absolute Gasteiger partial charge is 0.469 e. The number of nitro groups is 1. The van der Waals surface area contributed by atoms with Crippen molar-refractivity contribution >= 4 is 17.1 Å². The smallest absolute Gasteiger partial charge is 0.270 e. The normalized spacial score (nSPS) is 20.6. The van der Waals surface area contributed by atoms with Crippen LogP contribution in [-0.2, 0) is 10.2 Å². The lowest BCUT2D eigenvalue weighted by Crippen LogP contribution is -2.30. The van der Waals surface area contributed by atoms with E-state index in [0.717, 1.165) is 55.3 Å². The second-order valence-electron chi connectivity index (χ2n) is 9.01. The predicted molar refractivity (Wildman–Crippen MR) is 126 cm³/mol. The van der Waals surface area contributed by atoms with E-state index >= 15 is 0 Å². The Labute approximate surface area is 190 Å². The average Bonchev–Trinajstić information content (AvgIpc) is 3.30. The summed E-state index contributed by atoms with van der Waals surface area (Å²) >= 11 is 0. The summed E-state index contributed by atoms with van der Waals surface area (Å²) in [6, 6.07) is 15.6. The van der Waals surface area contributed by atoms with Gasteiger partial charge in [0.25, 0.3) is 5.69 Å². The Hall–Kier alpha value is -3.15. The van der Waals surface area contributed by atoms with Gasteiger partial charge in [-0.3, -0.25) is 10.1 Å². The number of unbranched alkanes of at least 4 members (excludes halogenated alkanes) is 1. The van der Waals surface area contributed by atoms with Gasteiger partial charge in [0.05, 0.1) is 23.0 Å². The fraction of sp³-hybridized carbons (Fsp3) is 0.423. The Balaban J connectivity index is 1.77. The van der Waals surface area contributed by atoms with Gasteiger partial charge in [-0.15, -0.1) is 0 Å². The zero-order chi connectivity index (χ0) is 22.9. The summed E-state index contributed by atoms with van der Waals surface area (Å²) in [5.74, 6) is 0.869. The van der Waals surface area contributed by atoms with Crippen LogP contribution in [0.25, 0.3) is 0 Å². The SMILES string of the molecule is CCCC[N+]1=C(/C=C2\OC(c3ccccc3)CN2CC)C(C)(C)c2cc([N+](=O)[O-])ccc21. The molecule has 0 bridgehead atoms. The fourth-order valence-electron chi connectivity index (χ4n) is 4.71. The van der Waals surface area contributed by atoms with Crippen LogP contribution in [0.5, 0.6) is 0 Å². The van der Waals surface area contributed by atoms with Crippen LogP contribution in [0.4, 0.5) is 11.4 Å². The number of benzene rings is 2. The molecule has 4 rings (SSSR count). The van der Waals surface area contributed by atoms with Crippen molar-refractivity contribution < 1.29 is 14.2 Å². The van der Waals surface area contributed by atoms with Crippen LogP contribution in [0.15, 0.2) is 60.5 Å². The minimum absolute atomic E-state index is 0.0000646. The quantitative estimate of drug-likeness (QED) is 0.318. The van der Waals surface area contributed by atoms with Crippen molar-refractivity contribution in [1.29, 1.82) is 0 Å². The Bertz CT molecular complexity index is 1070. The third-order valence-corrected chi connectivity index (χ3v) is 6.60. The fourth-order valence-corrected chi connectivity index (χ4v) is 4.71. The molecule has 1 atom stereocenters. The van der Waals surface area contributed by atoms with Crippen LogP contribution in [0.3, 0.4) is 0 Å².